The topological polar surface area (TPSA) is 105 Å². The maximum atomic E-state index is 13.8. The molecule has 0 aliphatic carbocycles. The van der Waals surface area contributed by atoms with Crippen LogP contribution in [0.3, 0.4) is 0 Å². The van der Waals surface area contributed by atoms with Crippen molar-refractivity contribution in [3.05, 3.63) is 72.6 Å². The Bertz CT molecular complexity index is 1560. The van der Waals surface area contributed by atoms with Crippen molar-refractivity contribution in [3.8, 4) is 11.5 Å². The van der Waals surface area contributed by atoms with Crippen LogP contribution in [0.1, 0.15) is 31.2 Å². The van der Waals surface area contributed by atoms with E-state index in [0.717, 1.165) is 19.0 Å². The van der Waals surface area contributed by atoms with Gasteiger partial charge < -0.3 is 28.3 Å². The van der Waals surface area contributed by atoms with Crippen molar-refractivity contribution in [3.63, 3.8) is 0 Å². The smallest absolute Gasteiger partial charge is 0.338 e. The van der Waals surface area contributed by atoms with Gasteiger partial charge >= 0.3 is 5.97 Å². The zero-order valence-electron chi connectivity index (χ0n) is 21.7. The summed E-state index contributed by atoms with van der Waals surface area (Å²) in [7, 11) is 3.09. The molecule has 1 aromatic carbocycles. The molecule has 0 amide bonds. The third kappa shape index (κ3) is 4.74. The van der Waals surface area contributed by atoms with Crippen LogP contribution in [-0.2, 0) is 14.3 Å². The number of carbonyl (C=O) groups is 1. The molecule has 2 aliphatic rings. The zero-order chi connectivity index (χ0) is 26.8. The van der Waals surface area contributed by atoms with E-state index in [9.17, 15) is 9.59 Å². The van der Waals surface area contributed by atoms with Crippen LogP contribution in [0.5, 0.6) is 11.5 Å². The van der Waals surface area contributed by atoms with Gasteiger partial charge in [0.2, 0.25) is 0 Å². The van der Waals surface area contributed by atoms with Gasteiger partial charge in [-0.2, -0.15) is 0 Å². The summed E-state index contributed by atoms with van der Waals surface area (Å²) in [6, 6.07) is 8.29. The second-order valence-corrected chi connectivity index (χ2v) is 9.70. The van der Waals surface area contributed by atoms with Crippen molar-refractivity contribution in [1.82, 2.24) is 4.57 Å². The summed E-state index contributed by atoms with van der Waals surface area (Å²) in [6.07, 6.45) is 1.71. The number of thiazole rings is 1. The summed E-state index contributed by atoms with van der Waals surface area (Å²) in [4.78, 5) is 34.1. The average Bonchev–Trinajstić information content (AvgIpc) is 3.52. The normalized spacial score (nSPS) is 17.7. The standard InChI is InChI=1S/C27H29N3O7S/c1-5-36-26(32)23-16(2)28-27-30(24(23)17-6-8-19(33-3)20(14-17)34-4)25(31)21(38-27)15-18-7-9-22(37-18)29-10-12-35-13-11-29/h6-9,14-15,24H,5,10-13H2,1-4H3/b21-15+. The van der Waals surface area contributed by atoms with Crippen molar-refractivity contribution >= 4 is 29.3 Å². The number of ether oxygens (including phenoxy) is 4. The van der Waals surface area contributed by atoms with Gasteiger partial charge in [0.1, 0.15) is 5.76 Å². The Kier molecular flexibility index (Phi) is 7.39. The first-order valence-electron chi connectivity index (χ1n) is 12.3. The summed E-state index contributed by atoms with van der Waals surface area (Å²) in [6.45, 7) is 6.47. The maximum Gasteiger partial charge on any atom is 0.338 e. The molecule has 38 heavy (non-hydrogen) atoms. The number of allylic oxidation sites excluding steroid dienone is 1. The SMILES string of the molecule is CCOC(=O)C1=C(C)N=c2s/c(=C/c3ccc(N4CCOCC4)o3)c(=O)n2C1c1ccc(OC)c(OC)c1. The van der Waals surface area contributed by atoms with E-state index in [-0.39, 0.29) is 12.2 Å². The third-order valence-corrected chi connectivity index (χ3v) is 7.43. The molecular formula is C27H29N3O7S. The van der Waals surface area contributed by atoms with Gasteiger partial charge in [-0.05, 0) is 37.6 Å². The van der Waals surface area contributed by atoms with E-state index in [0.29, 0.717) is 56.6 Å². The van der Waals surface area contributed by atoms with Crippen molar-refractivity contribution in [2.45, 2.75) is 19.9 Å². The number of carbonyl (C=O) groups excluding carboxylic acids is 1. The first-order valence-corrected chi connectivity index (χ1v) is 13.1. The van der Waals surface area contributed by atoms with Gasteiger partial charge in [0.05, 0.1) is 55.9 Å². The van der Waals surface area contributed by atoms with E-state index in [4.69, 9.17) is 23.4 Å². The lowest BCUT2D eigenvalue weighted by molar-refractivity contribution is -0.139. The molecule has 1 saturated heterocycles. The largest absolute Gasteiger partial charge is 0.493 e. The average molecular weight is 540 g/mol. The lowest BCUT2D eigenvalue weighted by atomic mass is 9.95. The predicted molar refractivity (Wildman–Crippen MR) is 142 cm³/mol. The van der Waals surface area contributed by atoms with Crippen LogP contribution in [0, 0.1) is 0 Å². The highest BCUT2D eigenvalue weighted by Crippen LogP contribution is 2.36. The van der Waals surface area contributed by atoms with Crippen LogP contribution < -0.4 is 29.3 Å². The van der Waals surface area contributed by atoms with Crippen LogP contribution in [0.25, 0.3) is 6.08 Å². The van der Waals surface area contributed by atoms with E-state index >= 15 is 0 Å². The predicted octanol–water partition coefficient (Wildman–Crippen LogP) is 2.25. The highest BCUT2D eigenvalue weighted by molar-refractivity contribution is 7.07. The van der Waals surface area contributed by atoms with Crippen LogP contribution in [0.15, 0.2) is 55.8 Å². The summed E-state index contributed by atoms with van der Waals surface area (Å²) >= 11 is 1.24. The molecule has 3 aromatic rings. The molecule has 4 heterocycles. The van der Waals surface area contributed by atoms with Crippen LogP contribution in [-0.4, -0.2) is 57.7 Å². The molecule has 0 N–H and O–H groups in total. The van der Waals surface area contributed by atoms with Gasteiger partial charge in [-0.1, -0.05) is 17.4 Å². The van der Waals surface area contributed by atoms with Crippen LogP contribution >= 0.6 is 11.3 Å². The lowest BCUT2D eigenvalue weighted by Gasteiger charge is -2.26. The van der Waals surface area contributed by atoms with Crippen molar-refractivity contribution in [1.29, 1.82) is 0 Å². The molecule has 11 heteroatoms. The van der Waals surface area contributed by atoms with Crippen molar-refractivity contribution in [2.75, 3.05) is 52.0 Å². The Morgan fingerprint density at radius 3 is 2.63 bits per heavy atom. The minimum Gasteiger partial charge on any atom is -0.493 e. The number of methoxy groups -OCH3 is 2. The molecule has 0 spiro atoms. The molecule has 0 radical (unpaired) electrons. The number of rotatable bonds is 7. The summed E-state index contributed by atoms with van der Waals surface area (Å²) < 4.78 is 29.6. The lowest BCUT2D eigenvalue weighted by Crippen LogP contribution is -2.39. The molecule has 1 fully saturated rings. The number of aromatic nitrogens is 1. The van der Waals surface area contributed by atoms with Gasteiger partial charge in [-0.25, -0.2) is 9.79 Å². The zero-order valence-corrected chi connectivity index (χ0v) is 22.5. The van der Waals surface area contributed by atoms with E-state index in [1.807, 2.05) is 18.2 Å². The first-order chi connectivity index (χ1) is 18.4. The second-order valence-electron chi connectivity index (χ2n) is 8.69. The number of morpholine rings is 1. The quantitative estimate of drug-likeness (QED) is 0.421. The molecule has 5 rings (SSSR count). The molecule has 0 bridgehead atoms. The molecular weight excluding hydrogens is 510 g/mol. The van der Waals surface area contributed by atoms with E-state index in [2.05, 4.69) is 9.89 Å². The fraction of sp³-hybridized carbons (Fsp3) is 0.370. The highest BCUT2D eigenvalue weighted by atomic mass is 32.1. The number of furan rings is 1. The Morgan fingerprint density at radius 1 is 1.16 bits per heavy atom. The summed E-state index contributed by atoms with van der Waals surface area (Å²) in [5.74, 6) is 1.79. The molecule has 1 unspecified atom stereocenters. The minimum atomic E-state index is -0.757. The molecule has 200 valence electrons. The monoisotopic (exact) mass is 539 g/mol. The maximum absolute atomic E-state index is 13.8. The first kappa shape index (κ1) is 25.8. The number of nitrogens with zero attached hydrogens (tertiary/aromatic N) is 3. The molecule has 2 aliphatic heterocycles. The van der Waals surface area contributed by atoms with Gasteiger partial charge in [-0.15, -0.1) is 0 Å². The van der Waals surface area contributed by atoms with E-state index in [1.54, 1.807) is 39.2 Å². The number of hydrogen-bond acceptors (Lipinski definition) is 10. The Hall–Kier alpha value is -3.83. The molecule has 10 nitrogen and oxygen atoms in total. The fourth-order valence-electron chi connectivity index (χ4n) is 4.63. The highest BCUT2D eigenvalue weighted by Gasteiger charge is 2.34. The van der Waals surface area contributed by atoms with Crippen molar-refractivity contribution < 1.29 is 28.2 Å². The van der Waals surface area contributed by atoms with Gasteiger partial charge in [0.15, 0.2) is 22.2 Å². The number of anilines is 1. The molecule has 1 atom stereocenters. The third-order valence-electron chi connectivity index (χ3n) is 6.45. The number of esters is 1. The summed E-state index contributed by atoms with van der Waals surface area (Å²) in [5.41, 5.74) is 1.17. The van der Waals surface area contributed by atoms with Crippen LogP contribution in [0.4, 0.5) is 5.88 Å². The van der Waals surface area contributed by atoms with Crippen molar-refractivity contribution in [2.24, 2.45) is 4.99 Å². The second kappa shape index (κ2) is 10.9. The number of benzene rings is 1. The van der Waals surface area contributed by atoms with Gasteiger partial charge in [-0.3, -0.25) is 9.36 Å². The Labute approximate surface area is 223 Å². The Balaban J connectivity index is 1.63. The van der Waals surface area contributed by atoms with E-state index < -0.39 is 12.0 Å². The van der Waals surface area contributed by atoms with Gasteiger partial charge in [0.25, 0.3) is 5.56 Å². The Morgan fingerprint density at radius 2 is 1.92 bits per heavy atom. The molecule has 2 aromatic heterocycles. The van der Waals surface area contributed by atoms with Crippen LogP contribution in [0.2, 0.25) is 0 Å². The minimum absolute atomic E-state index is 0.197. The van der Waals surface area contributed by atoms with Gasteiger partial charge in [0, 0.05) is 25.2 Å². The van der Waals surface area contributed by atoms with E-state index in [1.165, 1.54) is 23.0 Å². The summed E-state index contributed by atoms with van der Waals surface area (Å²) in [5, 5.41) is 0. The molecule has 0 saturated carbocycles. The fourth-order valence-corrected chi connectivity index (χ4v) is 5.66. The number of fused-ring (bicyclic) bond motifs is 1. The number of hydrogen-bond donors (Lipinski definition) is 0.